The van der Waals surface area contributed by atoms with E-state index in [1.807, 2.05) is 18.2 Å². The van der Waals surface area contributed by atoms with Crippen molar-refractivity contribution in [3.8, 4) is 5.75 Å². The Morgan fingerprint density at radius 1 is 1.33 bits per heavy atom. The van der Waals surface area contributed by atoms with Gasteiger partial charge in [-0.25, -0.2) is 0 Å². The molecule has 1 aliphatic heterocycles. The van der Waals surface area contributed by atoms with Gasteiger partial charge >= 0.3 is 0 Å². The fraction of sp³-hybridized carbons (Fsp3) is 0.333. The second kappa shape index (κ2) is 3.28. The van der Waals surface area contributed by atoms with Crippen molar-refractivity contribution in [1.82, 2.24) is 5.32 Å². The number of benzene rings is 1. The molecule has 0 bridgehead atoms. The van der Waals surface area contributed by atoms with Gasteiger partial charge in [0.2, 0.25) is 0 Å². The lowest BCUT2D eigenvalue weighted by atomic mass is 10.0. The molecule has 1 aromatic heterocycles. The van der Waals surface area contributed by atoms with Crippen molar-refractivity contribution >= 4 is 11.0 Å². The second-order valence-corrected chi connectivity index (χ2v) is 3.91. The van der Waals surface area contributed by atoms with E-state index in [1.54, 1.807) is 7.11 Å². The van der Waals surface area contributed by atoms with E-state index in [9.17, 15) is 0 Å². The van der Waals surface area contributed by atoms with Gasteiger partial charge in [0, 0.05) is 30.5 Å². The van der Waals surface area contributed by atoms with Gasteiger partial charge in [-0.15, -0.1) is 0 Å². The number of methoxy groups -OCH3 is 1. The van der Waals surface area contributed by atoms with Crippen LogP contribution in [0.2, 0.25) is 0 Å². The van der Waals surface area contributed by atoms with Gasteiger partial charge in [0.25, 0.3) is 0 Å². The first-order valence-electron chi connectivity index (χ1n) is 5.15. The highest BCUT2D eigenvalue weighted by Crippen LogP contribution is 2.29. The molecule has 0 atom stereocenters. The maximum atomic E-state index is 5.79. The van der Waals surface area contributed by atoms with Crippen LogP contribution in [0.25, 0.3) is 11.0 Å². The number of hydrogen-bond donors (Lipinski definition) is 1. The molecular formula is C12H13NO2. The molecule has 1 saturated heterocycles. The Morgan fingerprint density at radius 2 is 2.20 bits per heavy atom. The fourth-order valence-corrected chi connectivity index (χ4v) is 1.85. The molecule has 0 amide bonds. The van der Waals surface area contributed by atoms with E-state index in [-0.39, 0.29) is 0 Å². The average Bonchev–Trinajstić information content (AvgIpc) is 2.56. The molecule has 2 heterocycles. The van der Waals surface area contributed by atoms with Gasteiger partial charge in [-0.1, -0.05) is 0 Å². The highest BCUT2D eigenvalue weighted by atomic mass is 16.5. The summed E-state index contributed by atoms with van der Waals surface area (Å²) in [5.41, 5.74) is 0.913. The largest absolute Gasteiger partial charge is 0.497 e. The third kappa shape index (κ3) is 1.39. The minimum atomic E-state index is 0.545. The van der Waals surface area contributed by atoms with Gasteiger partial charge in [-0.05, 0) is 18.2 Å². The molecule has 1 fully saturated rings. The van der Waals surface area contributed by atoms with Crippen molar-refractivity contribution in [3.63, 3.8) is 0 Å². The van der Waals surface area contributed by atoms with Crippen LogP contribution in [0.3, 0.4) is 0 Å². The van der Waals surface area contributed by atoms with Crippen molar-refractivity contribution in [2.24, 2.45) is 0 Å². The summed E-state index contributed by atoms with van der Waals surface area (Å²) in [6.07, 6.45) is 0. The first kappa shape index (κ1) is 8.80. The Bertz CT molecular complexity index is 485. The molecule has 0 aliphatic carbocycles. The quantitative estimate of drug-likeness (QED) is 0.811. The molecule has 3 nitrogen and oxygen atoms in total. The van der Waals surface area contributed by atoms with E-state index in [0.29, 0.717) is 5.92 Å². The van der Waals surface area contributed by atoms with Crippen LogP contribution in [0.5, 0.6) is 5.75 Å². The molecule has 0 spiro atoms. The molecule has 1 aromatic carbocycles. The van der Waals surface area contributed by atoms with E-state index in [1.165, 1.54) is 0 Å². The molecule has 15 heavy (non-hydrogen) atoms. The molecule has 3 heteroatoms. The SMILES string of the molecule is COc1ccc2cc(C3CNC3)oc2c1. The average molecular weight is 203 g/mol. The molecule has 2 aromatic rings. The summed E-state index contributed by atoms with van der Waals surface area (Å²) in [4.78, 5) is 0. The zero-order chi connectivity index (χ0) is 10.3. The molecule has 1 aliphatic rings. The summed E-state index contributed by atoms with van der Waals surface area (Å²) in [7, 11) is 1.67. The minimum Gasteiger partial charge on any atom is -0.497 e. The van der Waals surface area contributed by atoms with Crippen LogP contribution in [0, 0.1) is 0 Å². The van der Waals surface area contributed by atoms with E-state index in [4.69, 9.17) is 9.15 Å². The van der Waals surface area contributed by atoms with E-state index < -0.39 is 0 Å². The lowest BCUT2D eigenvalue weighted by molar-refractivity contribution is 0.379. The van der Waals surface area contributed by atoms with Crippen molar-refractivity contribution in [2.75, 3.05) is 20.2 Å². The van der Waals surface area contributed by atoms with Gasteiger partial charge < -0.3 is 14.5 Å². The Kier molecular flexibility index (Phi) is 1.92. The maximum absolute atomic E-state index is 5.79. The van der Waals surface area contributed by atoms with Crippen molar-refractivity contribution < 1.29 is 9.15 Å². The van der Waals surface area contributed by atoms with Crippen molar-refractivity contribution in [2.45, 2.75) is 5.92 Å². The molecule has 0 saturated carbocycles. The summed E-state index contributed by atoms with van der Waals surface area (Å²) >= 11 is 0. The number of ether oxygens (including phenoxy) is 1. The molecular weight excluding hydrogens is 190 g/mol. The van der Waals surface area contributed by atoms with Gasteiger partial charge in [0.15, 0.2) is 0 Å². The predicted molar refractivity (Wildman–Crippen MR) is 58.4 cm³/mol. The maximum Gasteiger partial charge on any atom is 0.137 e. The third-order valence-electron chi connectivity index (χ3n) is 2.93. The second-order valence-electron chi connectivity index (χ2n) is 3.91. The summed E-state index contributed by atoms with van der Waals surface area (Å²) in [5, 5.41) is 4.39. The number of nitrogens with one attached hydrogen (secondary N) is 1. The van der Waals surface area contributed by atoms with Gasteiger partial charge in [-0.2, -0.15) is 0 Å². The van der Waals surface area contributed by atoms with Crippen LogP contribution >= 0.6 is 0 Å². The fourth-order valence-electron chi connectivity index (χ4n) is 1.85. The number of fused-ring (bicyclic) bond motifs is 1. The summed E-state index contributed by atoms with van der Waals surface area (Å²) < 4.78 is 11.0. The first-order chi connectivity index (χ1) is 7.36. The zero-order valence-corrected chi connectivity index (χ0v) is 8.62. The lowest BCUT2D eigenvalue weighted by Gasteiger charge is -2.24. The van der Waals surface area contributed by atoms with Gasteiger partial charge in [-0.3, -0.25) is 0 Å². The first-order valence-corrected chi connectivity index (χ1v) is 5.15. The summed E-state index contributed by atoms with van der Waals surface area (Å²) in [5.74, 6) is 2.47. The molecule has 1 N–H and O–H groups in total. The predicted octanol–water partition coefficient (Wildman–Crippen LogP) is 2.13. The van der Waals surface area contributed by atoms with Crippen LogP contribution in [0.15, 0.2) is 28.7 Å². The van der Waals surface area contributed by atoms with Crippen LogP contribution in [0.4, 0.5) is 0 Å². The molecule has 0 radical (unpaired) electrons. The summed E-state index contributed by atoms with van der Waals surface area (Å²) in [6.45, 7) is 2.05. The van der Waals surface area contributed by atoms with E-state index in [0.717, 1.165) is 35.6 Å². The number of rotatable bonds is 2. The van der Waals surface area contributed by atoms with Crippen LogP contribution in [-0.2, 0) is 0 Å². The van der Waals surface area contributed by atoms with Crippen LogP contribution < -0.4 is 10.1 Å². The van der Waals surface area contributed by atoms with Crippen LogP contribution in [0.1, 0.15) is 11.7 Å². The molecule has 3 rings (SSSR count). The van der Waals surface area contributed by atoms with Gasteiger partial charge in [0.1, 0.15) is 17.1 Å². The van der Waals surface area contributed by atoms with E-state index >= 15 is 0 Å². The Morgan fingerprint density at radius 3 is 2.87 bits per heavy atom. The highest BCUT2D eigenvalue weighted by Gasteiger charge is 2.22. The smallest absolute Gasteiger partial charge is 0.137 e. The minimum absolute atomic E-state index is 0.545. The lowest BCUT2D eigenvalue weighted by Crippen LogP contribution is -2.39. The Balaban J connectivity index is 2.04. The van der Waals surface area contributed by atoms with Gasteiger partial charge in [0.05, 0.1) is 7.11 Å². The topological polar surface area (TPSA) is 34.4 Å². The number of furan rings is 1. The third-order valence-corrected chi connectivity index (χ3v) is 2.93. The van der Waals surface area contributed by atoms with Crippen molar-refractivity contribution in [1.29, 1.82) is 0 Å². The zero-order valence-electron chi connectivity index (χ0n) is 8.62. The Hall–Kier alpha value is -1.48. The summed E-state index contributed by atoms with van der Waals surface area (Å²) in [6, 6.07) is 8.05. The van der Waals surface area contributed by atoms with Crippen molar-refractivity contribution in [3.05, 3.63) is 30.0 Å². The highest BCUT2D eigenvalue weighted by molar-refractivity contribution is 5.79. The normalized spacial score (nSPS) is 16.6. The standard InChI is InChI=1S/C12H13NO2/c1-14-10-3-2-8-4-11(9-6-13-7-9)15-12(8)5-10/h2-5,9,13H,6-7H2,1H3. The molecule has 0 unspecified atom stereocenters. The van der Waals surface area contributed by atoms with Crippen LogP contribution in [-0.4, -0.2) is 20.2 Å². The van der Waals surface area contributed by atoms with E-state index in [2.05, 4.69) is 11.4 Å². The number of hydrogen-bond acceptors (Lipinski definition) is 3. The monoisotopic (exact) mass is 203 g/mol. The molecule has 78 valence electrons. The Labute approximate surface area is 88.0 Å².